The van der Waals surface area contributed by atoms with E-state index in [0.29, 0.717) is 25.3 Å². The van der Waals surface area contributed by atoms with Crippen LogP contribution in [-0.4, -0.2) is 47.2 Å². The molecule has 35 heavy (non-hydrogen) atoms. The molecule has 1 aliphatic rings. The molecule has 2 heterocycles. The van der Waals surface area contributed by atoms with Crippen molar-refractivity contribution in [1.29, 1.82) is 0 Å². The molecule has 1 aliphatic heterocycles. The van der Waals surface area contributed by atoms with Crippen molar-refractivity contribution in [2.45, 2.75) is 39.0 Å². The summed E-state index contributed by atoms with van der Waals surface area (Å²) in [5.74, 6) is -1.20. The van der Waals surface area contributed by atoms with E-state index in [2.05, 4.69) is 47.7 Å². The number of nitrogens with one attached hydrogen (secondary N) is 2. The van der Waals surface area contributed by atoms with Gasteiger partial charge in [-0.15, -0.1) is 0 Å². The Bertz CT molecular complexity index is 1230. The Morgan fingerprint density at radius 3 is 2.63 bits per heavy atom. The average Bonchev–Trinajstić information content (AvgIpc) is 3.30. The third kappa shape index (κ3) is 5.67. The standard InChI is InChI=1S/C27H30N4O4/c1-3-18-10-17(5-4-16(18)2)15-35-24-14-29-13-23(24)31-26(32)22-11-21(12-30-25(22)28)19-6-8-20(9-7-19)27(33)34/h4-12,23-24,29H,3,13-15H2,1-2H3,(H2,28,30)(H,31,32)(H,33,34)/t23?,24-/m0/s1. The first-order valence-electron chi connectivity index (χ1n) is 11.7. The summed E-state index contributed by atoms with van der Waals surface area (Å²) in [5, 5.41) is 15.4. The molecule has 3 aromatic rings. The van der Waals surface area contributed by atoms with Crippen molar-refractivity contribution in [3.05, 3.63) is 82.5 Å². The van der Waals surface area contributed by atoms with E-state index in [4.69, 9.17) is 15.6 Å². The lowest BCUT2D eigenvalue weighted by Crippen LogP contribution is -2.44. The molecule has 1 fully saturated rings. The van der Waals surface area contributed by atoms with Gasteiger partial charge in [0.15, 0.2) is 0 Å². The van der Waals surface area contributed by atoms with Crippen molar-refractivity contribution in [3.63, 3.8) is 0 Å². The number of hydrogen-bond donors (Lipinski definition) is 4. The van der Waals surface area contributed by atoms with E-state index in [1.54, 1.807) is 24.4 Å². The van der Waals surface area contributed by atoms with Crippen molar-refractivity contribution in [2.75, 3.05) is 18.8 Å². The van der Waals surface area contributed by atoms with Crippen LogP contribution in [0.15, 0.2) is 54.7 Å². The molecule has 8 heteroatoms. The number of pyridine rings is 1. The summed E-state index contributed by atoms with van der Waals surface area (Å²) in [6, 6.07) is 14.2. The highest BCUT2D eigenvalue weighted by atomic mass is 16.5. The van der Waals surface area contributed by atoms with Crippen molar-refractivity contribution in [3.8, 4) is 11.1 Å². The zero-order valence-electron chi connectivity index (χ0n) is 19.9. The van der Waals surface area contributed by atoms with Gasteiger partial charge in [0, 0.05) is 24.8 Å². The lowest BCUT2D eigenvalue weighted by atomic mass is 10.0. The fourth-order valence-corrected chi connectivity index (χ4v) is 4.24. The Kier molecular flexibility index (Phi) is 7.43. The number of ether oxygens (including phenoxy) is 1. The minimum atomic E-state index is -0.998. The maximum absolute atomic E-state index is 13.1. The zero-order chi connectivity index (χ0) is 24.9. The first-order chi connectivity index (χ1) is 16.9. The van der Waals surface area contributed by atoms with Gasteiger partial charge in [-0.1, -0.05) is 37.3 Å². The van der Waals surface area contributed by atoms with Crippen molar-refractivity contribution in [2.24, 2.45) is 0 Å². The highest BCUT2D eigenvalue weighted by molar-refractivity contribution is 5.99. The van der Waals surface area contributed by atoms with Crippen LogP contribution < -0.4 is 16.4 Å². The van der Waals surface area contributed by atoms with Crippen LogP contribution in [0, 0.1) is 6.92 Å². The van der Waals surface area contributed by atoms with E-state index in [-0.39, 0.29) is 35.0 Å². The number of rotatable bonds is 8. The largest absolute Gasteiger partial charge is 0.478 e. The maximum Gasteiger partial charge on any atom is 0.335 e. The number of carbonyl (C=O) groups is 2. The Hall–Kier alpha value is -3.75. The van der Waals surface area contributed by atoms with Crippen LogP contribution in [-0.2, 0) is 17.8 Å². The van der Waals surface area contributed by atoms with Crippen LogP contribution in [0.2, 0.25) is 0 Å². The monoisotopic (exact) mass is 474 g/mol. The second-order valence-electron chi connectivity index (χ2n) is 8.74. The van der Waals surface area contributed by atoms with E-state index in [0.717, 1.165) is 17.5 Å². The van der Waals surface area contributed by atoms with Gasteiger partial charge in [-0.05, 0) is 53.8 Å². The molecule has 2 atom stereocenters. The van der Waals surface area contributed by atoms with Crippen LogP contribution >= 0.6 is 0 Å². The maximum atomic E-state index is 13.1. The van der Waals surface area contributed by atoms with Gasteiger partial charge in [0.25, 0.3) is 5.91 Å². The quantitative estimate of drug-likeness (QED) is 0.395. The summed E-state index contributed by atoms with van der Waals surface area (Å²) >= 11 is 0. The Morgan fingerprint density at radius 2 is 1.91 bits per heavy atom. The van der Waals surface area contributed by atoms with Crippen molar-refractivity contribution < 1.29 is 19.4 Å². The molecule has 4 rings (SSSR count). The predicted octanol–water partition coefficient (Wildman–Crippen LogP) is 3.19. The van der Waals surface area contributed by atoms with E-state index >= 15 is 0 Å². The highest BCUT2D eigenvalue weighted by Gasteiger charge is 2.30. The fraction of sp³-hybridized carbons (Fsp3) is 0.296. The molecule has 1 aromatic heterocycles. The predicted molar refractivity (Wildman–Crippen MR) is 134 cm³/mol. The number of nitrogens with zero attached hydrogens (tertiary/aromatic N) is 1. The van der Waals surface area contributed by atoms with Gasteiger partial charge in [0.2, 0.25) is 0 Å². The molecule has 5 N–H and O–H groups in total. The topological polar surface area (TPSA) is 127 Å². The number of hydrogen-bond acceptors (Lipinski definition) is 6. The van der Waals surface area contributed by atoms with Crippen LogP contribution in [0.25, 0.3) is 11.1 Å². The number of nitrogens with two attached hydrogens (primary N) is 1. The Balaban J connectivity index is 1.43. The van der Waals surface area contributed by atoms with Crippen LogP contribution in [0.1, 0.15) is 44.3 Å². The number of carbonyl (C=O) groups excluding carboxylic acids is 1. The summed E-state index contributed by atoms with van der Waals surface area (Å²) in [4.78, 5) is 28.4. The van der Waals surface area contributed by atoms with Crippen LogP contribution in [0.4, 0.5) is 5.82 Å². The molecule has 0 aliphatic carbocycles. The number of anilines is 1. The molecular weight excluding hydrogens is 444 g/mol. The second-order valence-corrected chi connectivity index (χ2v) is 8.74. The highest BCUT2D eigenvalue weighted by Crippen LogP contribution is 2.23. The lowest BCUT2D eigenvalue weighted by molar-refractivity contribution is 0.0357. The molecule has 1 saturated heterocycles. The second kappa shape index (κ2) is 10.7. The zero-order valence-corrected chi connectivity index (χ0v) is 19.9. The number of carboxylic acid groups (broad SMARTS) is 1. The number of benzene rings is 2. The molecule has 0 radical (unpaired) electrons. The smallest absolute Gasteiger partial charge is 0.335 e. The molecule has 8 nitrogen and oxygen atoms in total. The molecule has 0 bridgehead atoms. The third-order valence-electron chi connectivity index (χ3n) is 6.36. The number of nitrogen functional groups attached to an aromatic ring is 1. The third-order valence-corrected chi connectivity index (χ3v) is 6.36. The number of aryl methyl sites for hydroxylation is 2. The summed E-state index contributed by atoms with van der Waals surface area (Å²) < 4.78 is 6.16. The SMILES string of the molecule is CCc1cc(CO[C@H]2CNCC2NC(=O)c2cc(-c3ccc(C(=O)O)cc3)cnc2N)ccc1C. The van der Waals surface area contributed by atoms with E-state index in [1.165, 1.54) is 23.3 Å². The normalized spacial score (nSPS) is 17.3. The number of aromatic carboxylic acids is 1. The first kappa shape index (κ1) is 24.4. The van der Waals surface area contributed by atoms with Gasteiger partial charge in [-0.3, -0.25) is 4.79 Å². The minimum absolute atomic E-state index is 0.128. The lowest BCUT2D eigenvalue weighted by Gasteiger charge is -2.21. The van der Waals surface area contributed by atoms with Crippen molar-refractivity contribution >= 4 is 17.7 Å². The molecule has 2 aromatic carbocycles. The van der Waals surface area contributed by atoms with Crippen molar-refractivity contribution in [1.82, 2.24) is 15.6 Å². The van der Waals surface area contributed by atoms with Gasteiger partial charge in [0.1, 0.15) is 5.82 Å². The van der Waals surface area contributed by atoms with Crippen LogP contribution in [0.5, 0.6) is 0 Å². The average molecular weight is 475 g/mol. The minimum Gasteiger partial charge on any atom is -0.478 e. The molecule has 1 unspecified atom stereocenters. The van der Waals surface area contributed by atoms with Crippen LogP contribution in [0.3, 0.4) is 0 Å². The van der Waals surface area contributed by atoms with Gasteiger partial charge in [-0.25, -0.2) is 9.78 Å². The number of aromatic nitrogens is 1. The summed E-state index contributed by atoms with van der Waals surface area (Å²) in [6.45, 7) is 5.95. The molecule has 0 spiro atoms. The summed E-state index contributed by atoms with van der Waals surface area (Å²) in [5.41, 5.74) is 11.6. The van der Waals surface area contributed by atoms with Gasteiger partial charge in [-0.2, -0.15) is 0 Å². The molecule has 1 amide bonds. The Morgan fingerprint density at radius 1 is 1.14 bits per heavy atom. The van der Waals surface area contributed by atoms with E-state index < -0.39 is 5.97 Å². The first-order valence-corrected chi connectivity index (χ1v) is 11.7. The van der Waals surface area contributed by atoms with Gasteiger partial charge < -0.3 is 26.2 Å². The van der Waals surface area contributed by atoms with E-state index in [1.807, 2.05) is 0 Å². The van der Waals surface area contributed by atoms with Gasteiger partial charge >= 0.3 is 5.97 Å². The number of amides is 1. The molecular formula is C27H30N4O4. The van der Waals surface area contributed by atoms with E-state index in [9.17, 15) is 9.59 Å². The number of carboxylic acids is 1. The summed E-state index contributed by atoms with van der Waals surface area (Å²) in [7, 11) is 0. The fourth-order valence-electron chi connectivity index (χ4n) is 4.24. The summed E-state index contributed by atoms with van der Waals surface area (Å²) in [6.07, 6.45) is 2.37. The Labute approximate surface area is 204 Å². The van der Waals surface area contributed by atoms with Gasteiger partial charge in [0.05, 0.1) is 29.9 Å². The molecule has 182 valence electrons. The molecule has 0 saturated carbocycles.